The summed E-state index contributed by atoms with van der Waals surface area (Å²) in [6.07, 6.45) is 3.60. The predicted molar refractivity (Wildman–Crippen MR) is 77.3 cm³/mol. The third-order valence-corrected chi connectivity index (χ3v) is 3.78. The molecule has 1 heterocycles. The Bertz CT molecular complexity index is 447. The maximum atomic E-state index is 5.97. The second-order valence-corrected chi connectivity index (χ2v) is 5.61. The van der Waals surface area contributed by atoms with Crippen LogP contribution in [0.4, 0.5) is 11.6 Å². The maximum Gasteiger partial charge on any atom is 0.135 e. The van der Waals surface area contributed by atoms with Crippen LogP contribution >= 0.6 is 0 Å². The Morgan fingerprint density at radius 3 is 2.63 bits per heavy atom. The van der Waals surface area contributed by atoms with E-state index in [1.807, 2.05) is 6.92 Å². The van der Waals surface area contributed by atoms with Crippen molar-refractivity contribution >= 4 is 11.6 Å². The standard InChI is InChI=1S/C14H24N4O/c1-8(2)13-17-12(15)9(3)14(18-13)16-10-5-6-11(7-10)19-4/h8,10-11H,5-7H2,1-4H3,(H3,15,16,17,18). The summed E-state index contributed by atoms with van der Waals surface area (Å²) in [7, 11) is 1.78. The van der Waals surface area contributed by atoms with E-state index >= 15 is 0 Å². The molecule has 0 aliphatic heterocycles. The lowest BCUT2D eigenvalue weighted by Crippen LogP contribution is -2.20. The van der Waals surface area contributed by atoms with Crippen molar-refractivity contribution in [1.29, 1.82) is 0 Å². The summed E-state index contributed by atoms with van der Waals surface area (Å²) >= 11 is 0. The van der Waals surface area contributed by atoms with Gasteiger partial charge in [0, 0.05) is 24.6 Å². The zero-order valence-corrected chi connectivity index (χ0v) is 12.2. The lowest BCUT2D eigenvalue weighted by molar-refractivity contribution is 0.108. The Balaban J connectivity index is 2.15. The Kier molecular flexibility index (Phi) is 4.24. The van der Waals surface area contributed by atoms with Crippen molar-refractivity contribution < 1.29 is 4.74 Å². The second kappa shape index (κ2) is 5.74. The highest BCUT2D eigenvalue weighted by atomic mass is 16.5. The molecule has 19 heavy (non-hydrogen) atoms. The van der Waals surface area contributed by atoms with Crippen LogP contribution in [0.1, 0.15) is 50.4 Å². The van der Waals surface area contributed by atoms with Gasteiger partial charge < -0.3 is 15.8 Å². The summed E-state index contributed by atoms with van der Waals surface area (Å²) in [5.41, 5.74) is 6.91. The van der Waals surface area contributed by atoms with Gasteiger partial charge in [-0.1, -0.05) is 13.8 Å². The van der Waals surface area contributed by atoms with Crippen LogP contribution in [-0.2, 0) is 4.74 Å². The number of hydrogen-bond donors (Lipinski definition) is 2. The Labute approximate surface area is 115 Å². The van der Waals surface area contributed by atoms with E-state index in [2.05, 4.69) is 29.1 Å². The Morgan fingerprint density at radius 2 is 2.05 bits per heavy atom. The average Bonchev–Trinajstić information content (AvgIpc) is 2.82. The fraction of sp³-hybridized carbons (Fsp3) is 0.714. The molecule has 106 valence electrons. The molecule has 1 aliphatic carbocycles. The van der Waals surface area contributed by atoms with Gasteiger partial charge in [-0.05, 0) is 26.2 Å². The molecule has 5 nitrogen and oxygen atoms in total. The number of nitrogens with two attached hydrogens (primary N) is 1. The van der Waals surface area contributed by atoms with E-state index in [4.69, 9.17) is 10.5 Å². The van der Waals surface area contributed by atoms with Crippen molar-refractivity contribution in [3.05, 3.63) is 11.4 Å². The molecule has 1 aromatic rings. The molecular weight excluding hydrogens is 240 g/mol. The molecular formula is C14H24N4O. The maximum absolute atomic E-state index is 5.97. The second-order valence-electron chi connectivity index (χ2n) is 5.61. The average molecular weight is 264 g/mol. The van der Waals surface area contributed by atoms with Crippen molar-refractivity contribution in [3.8, 4) is 0 Å². The molecule has 2 rings (SSSR count). The van der Waals surface area contributed by atoms with Crippen molar-refractivity contribution in [2.75, 3.05) is 18.2 Å². The van der Waals surface area contributed by atoms with E-state index in [9.17, 15) is 0 Å². The van der Waals surface area contributed by atoms with Crippen LogP contribution in [0.15, 0.2) is 0 Å². The number of anilines is 2. The minimum atomic E-state index is 0.277. The first-order valence-electron chi connectivity index (χ1n) is 6.94. The van der Waals surface area contributed by atoms with Crippen molar-refractivity contribution in [1.82, 2.24) is 9.97 Å². The lowest BCUT2D eigenvalue weighted by atomic mass is 10.2. The van der Waals surface area contributed by atoms with E-state index in [0.717, 1.165) is 36.5 Å². The number of methoxy groups -OCH3 is 1. The summed E-state index contributed by atoms with van der Waals surface area (Å²) in [6, 6.07) is 0.415. The highest BCUT2D eigenvalue weighted by Gasteiger charge is 2.25. The van der Waals surface area contributed by atoms with Crippen molar-refractivity contribution in [2.45, 2.75) is 58.1 Å². The highest BCUT2D eigenvalue weighted by molar-refractivity contribution is 5.55. The van der Waals surface area contributed by atoms with E-state index in [0.29, 0.717) is 18.0 Å². The van der Waals surface area contributed by atoms with E-state index in [-0.39, 0.29) is 5.92 Å². The number of nitrogens with zero attached hydrogens (tertiary/aromatic N) is 2. The normalized spacial score (nSPS) is 23.0. The SMILES string of the molecule is COC1CCC(Nc2nc(C(C)C)nc(N)c2C)C1. The van der Waals surface area contributed by atoms with Crippen LogP contribution in [0.5, 0.6) is 0 Å². The number of hydrogen-bond acceptors (Lipinski definition) is 5. The Morgan fingerprint density at radius 1 is 1.32 bits per heavy atom. The smallest absolute Gasteiger partial charge is 0.135 e. The summed E-state index contributed by atoms with van der Waals surface area (Å²) < 4.78 is 5.40. The molecule has 0 radical (unpaired) electrons. The highest BCUT2D eigenvalue weighted by Crippen LogP contribution is 2.27. The minimum Gasteiger partial charge on any atom is -0.383 e. The first-order chi connectivity index (χ1) is 9.01. The summed E-state index contributed by atoms with van der Waals surface area (Å²) in [5, 5.41) is 3.50. The first-order valence-corrected chi connectivity index (χ1v) is 6.94. The summed E-state index contributed by atoms with van der Waals surface area (Å²) in [5.74, 6) is 2.52. The van der Waals surface area contributed by atoms with Gasteiger partial charge in [-0.2, -0.15) is 0 Å². The molecule has 0 bridgehead atoms. The van der Waals surface area contributed by atoms with Crippen LogP contribution < -0.4 is 11.1 Å². The van der Waals surface area contributed by atoms with Gasteiger partial charge in [0.25, 0.3) is 0 Å². The monoisotopic (exact) mass is 264 g/mol. The molecule has 2 unspecified atom stereocenters. The lowest BCUT2D eigenvalue weighted by Gasteiger charge is -2.17. The molecule has 0 spiro atoms. The number of aromatic nitrogens is 2. The fourth-order valence-electron chi connectivity index (χ4n) is 2.43. The predicted octanol–water partition coefficient (Wildman–Crippen LogP) is 2.47. The van der Waals surface area contributed by atoms with Crippen molar-refractivity contribution in [3.63, 3.8) is 0 Å². The van der Waals surface area contributed by atoms with E-state index in [1.54, 1.807) is 7.11 Å². The van der Waals surface area contributed by atoms with Crippen molar-refractivity contribution in [2.24, 2.45) is 0 Å². The minimum absolute atomic E-state index is 0.277. The van der Waals surface area contributed by atoms with Crippen LogP contribution in [0, 0.1) is 6.92 Å². The van der Waals surface area contributed by atoms with Gasteiger partial charge in [-0.25, -0.2) is 9.97 Å². The summed E-state index contributed by atoms with van der Waals surface area (Å²) in [6.45, 7) is 6.11. The van der Waals surface area contributed by atoms with Gasteiger partial charge in [0.05, 0.1) is 6.10 Å². The Hall–Kier alpha value is -1.36. The molecule has 0 aromatic carbocycles. The van der Waals surface area contributed by atoms with Crippen LogP contribution in [0.3, 0.4) is 0 Å². The molecule has 5 heteroatoms. The van der Waals surface area contributed by atoms with Gasteiger partial charge in [0.2, 0.25) is 0 Å². The third-order valence-electron chi connectivity index (χ3n) is 3.78. The van der Waals surface area contributed by atoms with Crippen LogP contribution in [0.25, 0.3) is 0 Å². The van der Waals surface area contributed by atoms with Gasteiger partial charge in [0.15, 0.2) is 0 Å². The molecule has 2 atom stereocenters. The quantitative estimate of drug-likeness (QED) is 0.874. The van der Waals surface area contributed by atoms with Crippen LogP contribution in [0.2, 0.25) is 0 Å². The molecule has 0 saturated heterocycles. The largest absolute Gasteiger partial charge is 0.383 e. The molecule has 3 N–H and O–H groups in total. The topological polar surface area (TPSA) is 73.1 Å². The zero-order valence-electron chi connectivity index (χ0n) is 12.2. The molecule has 1 aliphatic rings. The van der Waals surface area contributed by atoms with E-state index < -0.39 is 0 Å². The number of nitrogens with one attached hydrogen (secondary N) is 1. The third kappa shape index (κ3) is 3.15. The van der Waals surface area contributed by atoms with Gasteiger partial charge in [0.1, 0.15) is 17.5 Å². The number of rotatable bonds is 4. The zero-order chi connectivity index (χ0) is 14.0. The molecule has 1 aromatic heterocycles. The number of ether oxygens (including phenoxy) is 1. The first kappa shape index (κ1) is 14.1. The van der Waals surface area contributed by atoms with Gasteiger partial charge >= 0.3 is 0 Å². The molecule has 1 fully saturated rings. The molecule has 0 amide bonds. The summed E-state index contributed by atoms with van der Waals surface area (Å²) in [4.78, 5) is 8.94. The fourth-order valence-corrected chi connectivity index (χ4v) is 2.43. The van der Waals surface area contributed by atoms with Gasteiger partial charge in [-0.3, -0.25) is 0 Å². The number of nitrogen functional groups attached to an aromatic ring is 1. The van der Waals surface area contributed by atoms with E-state index in [1.165, 1.54) is 0 Å². The van der Waals surface area contributed by atoms with Crippen LogP contribution in [-0.4, -0.2) is 29.2 Å². The molecule has 1 saturated carbocycles. The van der Waals surface area contributed by atoms with Gasteiger partial charge in [-0.15, -0.1) is 0 Å².